The number of benzene rings is 2. The first-order chi connectivity index (χ1) is 11.5. The van der Waals surface area contributed by atoms with E-state index in [0.29, 0.717) is 34.7 Å². The third-order valence-electron chi connectivity index (χ3n) is 3.43. The van der Waals surface area contributed by atoms with Gasteiger partial charge in [-0.3, -0.25) is 4.99 Å². The van der Waals surface area contributed by atoms with Crippen molar-refractivity contribution in [3.05, 3.63) is 47.0 Å². The average Bonchev–Trinajstić information content (AvgIpc) is 2.56. The molecule has 2 rings (SSSR count). The molecule has 5 heteroatoms. The summed E-state index contributed by atoms with van der Waals surface area (Å²) in [6.45, 7) is 4.97. The van der Waals surface area contributed by atoms with Crippen LogP contribution in [-0.4, -0.2) is 25.0 Å². The first-order valence-electron chi connectivity index (χ1n) is 7.83. The van der Waals surface area contributed by atoms with Crippen molar-refractivity contribution in [3.8, 4) is 17.2 Å². The van der Waals surface area contributed by atoms with Gasteiger partial charge in [-0.1, -0.05) is 25.4 Å². The van der Waals surface area contributed by atoms with E-state index in [0.717, 1.165) is 12.0 Å². The largest absolute Gasteiger partial charge is 0.506 e. The Hall–Kier alpha value is -2.20. The number of hydrogen-bond acceptors (Lipinski definition) is 4. The molecule has 0 saturated heterocycles. The van der Waals surface area contributed by atoms with Gasteiger partial charge in [-0.25, -0.2) is 0 Å². The average molecular weight is 348 g/mol. The highest BCUT2D eigenvalue weighted by Gasteiger charge is 2.06. The third kappa shape index (κ3) is 5.17. The minimum absolute atomic E-state index is 0.0799. The van der Waals surface area contributed by atoms with Crippen LogP contribution in [0.1, 0.15) is 25.8 Å². The molecule has 4 nitrogen and oxygen atoms in total. The van der Waals surface area contributed by atoms with Crippen molar-refractivity contribution in [2.24, 2.45) is 10.9 Å². The Morgan fingerprint density at radius 2 is 1.96 bits per heavy atom. The molecular weight excluding hydrogens is 326 g/mol. The van der Waals surface area contributed by atoms with Gasteiger partial charge in [-0.2, -0.15) is 0 Å². The van der Waals surface area contributed by atoms with Crippen molar-refractivity contribution in [1.82, 2.24) is 0 Å². The van der Waals surface area contributed by atoms with Crippen molar-refractivity contribution in [3.63, 3.8) is 0 Å². The van der Waals surface area contributed by atoms with Crippen LogP contribution in [0.3, 0.4) is 0 Å². The van der Waals surface area contributed by atoms with Gasteiger partial charge in [0, 0.05) is 11.2 Å². The number of ether oxygens (including phenoxy) is 2. The van der Waals surface area contributed by atoms with Crippen LogP contribution in [0.25, 0.3) is 0 Å². The second kappa shape index (κ2) is 8.60. The molecule has 0 heterocycles. The monoisotopic (exact) mass is 347 g/mol. The van der Waals surface area contributed by atoms with Crippen molar-refractivity contribution in [2.75, 3.05) is 13.7 Å². The van der Waals surface area contributed by atoms with Crippen molar-refractivity contribution in [2.45, 2.75) is 20.3 Å². The van der Waals surface area contributed by atoms with Crippen molar-refractivity contribution in [1.29, 1.82) is 0 Å². The summed E-state index contributed by atoms with van der Waals surface area (Å²) < 4.78 is 11.1. The molecule has 0 saturated carbocycles. The Balaban J connectivity index is 2.14. The van der Waals surface area contributed by atoms with Gasteiger partial charge in [0.25, 0.3) is 0 Å². The lowest BCUT2D eigenvalue weighted by molar-refractivity contribution is 0.273. The SMILES string of the molecule is COc1cc(C=Nc2cc(Cl)ccc2O)ccc1OCCC(C)C. The fraction of sp³-hybridized carbons (Fsp3) is 0.316. The van der Waals surface area contributed by atoms with Crippen molar-refractivity contribution >= 4 is 23.5 Å². The van der Waals surface area contributed by atoms with Crippen LogP contribution in [0.5, 0.6) is 17.2 Å². The molecule has 0 aliphatic rings. The summed E-state index contributed by atoms with van der Waals surface area (Å²) in [6.07, 6.45) is 2.63. The molecule has 0 radical (unpaired) electrons. The molecule has 0 aromatic heterocycles. The van der Waals surface area contributed by atoms with E-state index in [9.17, 15) is 5.11 Å². The van der Waals surface area contributed by atoms with Crippen LogP contribution in [-0.2, 0) is 0 Å². The molecular formula is C19H22ClNO3. The van der Waals surface area contributed by atoms with E-state index in [1.54, 1.807) is 25.5 Å². The fourth-order valence-corrected chi connectivity index (χ4v) is 2.20. The molecule has 24 heavy (non-hydrogen) atoms. The maximum absolute atomic E-state index is 9.78. The van der Waals surface area contributed by atoms with Crippen LogP contribution in [0, 0.1) is 5.92 Å². The zero-order valence-electron chi connectivity index (χ0n) is 14.1. The second-order valence-corrected chi connectivity index (χ2v) is 6.27. The van der Waals surface area contributed by atoms with Crippen LogP contribution >= 0.6 is 11.6 Å². The summed E-state index contributed by atoms with van der Waals surface area (Å²) in [7, 11) is 1.61. The number of hydrogen-bond donors (Lipinski definition) is 1. The van der Waals surface area contributed by atoms with Crippen LogP contribution in [0.4, 0.5) is 5.69 Å². The minimum Gasteiger partial charge on any atom is -0.506 e. The number of phenols is 1. The number of aromatic hydroxyl groups is 1. The zero-order valence-corrected chi connectivity index (χ0v) is 14.9. The number of aliphatic imine (C=N–C) groups is 1. The van der Waals surface area contributed by atoms with Gasteiger partial charge < -0.3 is 14.6 Å². The second-order valence-electron chi connectivity index (χ2n) is 5.83. The fourth-order valence-electron chi connectivity index (χ4n) is 2.03. The summed E-state index contributed by atoms with van der Waals surface area (Å²) in [6, 6.07) is 10.3. The number of nitrogens with zero attached hydrogens (tertiary/aromatic N) is 1. The van der Waals surface area contributed by atoms with Gasteiger partial charge in [0.1, 0.15) is 11.4 Å². The predicted molar refractivity (Wildman–Crippen MR) is 98.3 cm³/mol. The summed E-state index contributed by atoms with van der Waals surface area (Å²) in [5, 5.41) is 10.3. The molecule has 0 spiro atoms. The first-order valence-corrected chi connectivity index (χ1v) is 8.21. The molecule has 0 amide bonds. The van der Waals surface area contributed by atoms with Crippen molar-refractivity contribution < 1.29 is 14.6 Å². The van der Waals surface area contributed by atoms with E-state index in [1.165, 1.54) is 6.07 Å². The van der Waals surface area contributed by atoms with E-state index in [1.807, 2.05) is 18.2 Å². The lowest BCUT2D eigenvalue weighted by atomic mass is 10.1. The predicted octanol–water partition coefficient (Wildman–Crippen LogP) is 5.23. The number of halogens is 1. The molecule has 1 N–H and O–H groups in total. The molecule has 0 aliphatic carbocycles. The summed E-state index contributed by atoms with van der Waals surface area (Å²) in [4.78, 5) is 4.27. The highest BCUT2D eigenvalue weighted by Crippen LogP contribution is 2.30. The quantitative estimate of drug-likeness (QED) is 0.698. The smallest absolute Gasteiger partial charge is 0.161 e. The van der Waals surface area contributed by atoms with Gasteiger partial charge in [-0.15, -0.1) is 0 Å². The van der Waals surface area contributed by atoms with Crippen LogP contribution < -0.4 is 9.47 Å². The Kier molecular flexibility index (Phi) is 6.50. The maximum Gasteiger partial charge on any atom is 0.161 e. The normalized spacial score (nSPS) is 11.2. The van der Waals surface area contributed by atoms with E-state index in [-0.39, 0.29) is 5.75 Å². The van der Waals surface area contributed by atoms with E-state index >= 15 is 0 Å². The Morgan fingerprint density at radius 1 is 1.17 bits per heavy atom. The third-order valence-corrected chi connectivity index (χ3v) is 3.67. The zero-order chi connectivity index (χ0) is 17.5. The molecule has 0 aliphatic heterocycles. The molecule has 0 bridgehead atoms. The Bertz CT molecular complexity index is 714. The molecule has 128 valence electrons. The van der Waals surface area contributed by atoms with Crippen LogP contribution in [0.2, 0.25) is 5.02 Å². The van der Waals surface area contributed by atoms with E-state index in [4.69, 9.17) is 21.1 Å². The summed E-state index contributed by atoms with van der Waals surface area (Å²) in [5.41, 5.74) is 1.25. The summed E-state index contributed by atoms with van der Waals surface area (Å²) in [5.74, 6) is 2.03. The number of methoxy groups -OCH3 is 1. The lowest BCUT2D eigenvalue weighted by Crippen LogP contribution is -2.02. The topological polar surface area (TPSA) is 51.0 Å². The van der Waals surface area contributed by atoms with Gasteiger partial charge in [-0.05, 0) is 54.3 Å². The van der Waals surface area contributed by atoms with Gasteiger partial charge in [0.2, 0.25) is 0 Å². The van der Waals surface area contributed by atoms with E-state index in [2.05, 4.69) is 18.8 Å². The maximum atomic E-state index is 9.78. The van der Waals surface area contributed by atoms with Crippen LogP contribution in [0.15, 0.2) is 41.4 Å². The highest BCUT2D eigenvalue weighted by molar-refractivity contribution is 6.30. The standard InChI is InChI=1S/C19H22ClNO3/c1-13(2)8-9-24-18-7-4-14(10-19(18)23-3)12-21-16-11-15(20)5-6-17(16)22/h4-7,10-13,22H,8-9H2,1-3H3. The molecule has 0 fully saturated rings. The molecule has 0 unspecified atom stereocenters. The molecule has 2 aromatic carbocycles. The molecule has 2 aromatic rings. The summed E-state index contributed by atoms with van der Waals surface area (Å²) >= 11 is 5.92. The van der Waals surface area contributed by atoms with Gasteiger partial charge in [0.15, 0.2) is 11.5 Å². The Labute approximate surface area is 147 Å². The number of rotatable bonds is 7. The van der Waals surface area contributed by atoms with Gasteiger partial charge >= 0.3 is 0 Å². The highest BCUT2D eigenvalue weighted by atomic mass is 35.5. The van der Waals surface area contributed by atoms with Gasteiger partial charge in [0.05, 0.1) is 13.7 Å². The van der Waals surface area contributed by atoms with E-state index < -0.39 is 0 Å². The first kappa shape index (κ1) is 18.1. The number of phenolic OH excluding ortho intramolecular Hbond substituents is 1. The Morgan fingerprint density at radius 3 is 2.67 bits per heavy atom. The lowest BCUT2D eigenvalue weighted by Gasteiger charge is -2.12. The molecule has 0 atom stereocenters. The minimum atomic E-state index is 0.0799.